The molecular formula is C13H24N2O2. The highest BCUT2D eigenvalue weighted by Gasteiger charge is 2.39. The van der Waals surface area contributed by atoms with E-state index in [-0.39, 0.29) is 11.8 Å². The van der Waals surface area contributed by atoms with Gasteiger partial charge in [0.2, 0.25) is 5.91 Å². The van der Waals surface area contributed by atoms with Crippen LogP contribution in [0.25, 0.3) is 0 Å². The average molecular weight is 240 g/mol. The molecule has 1 saturated carbocycles. The lowest BCUT2D eigenvalue weighted by Gasteiger charge is -2.37. The SMILES string of the molecule is C[C@@H]1C[C@@H]1C(=O)NC[C@@H](C)N1CCOC[C@@H]1C. The Labute approximate surface area is 104 Å². The van der Waals surface area contributed by atoms with Gasteiger partial charge in [0.25, 0.3) is 0 Å². The summed E-state index contributed by atoms with van der Waals surface area (Å²) in [5.41, 5.74) is 0. The number of hydrogen-bond donors (Lipinski definition) is 1. The first-order valence-electron chi connectivity index (χ1n) is 6.70. The van der Waals surface area contributed by atoms with Crippen molar-refractivity contribution in [1.29, 1.82) is 0 Å². The molecule has 1 heterocycles. The molecule has 4 atom stereocenters. The number of morpholine rings is 1. The fourth-order valence-electron chi connectivity index (χ4n) is 2.58. The number of hydrogen-bond acceptors (Lipinski definition) is 3. The fourth-order valence-corrected chi connectivity index (χ4v) is 2.58. The van der Waals surface area contributed by atoms with Gasteiger partial charge in [-0.15, -0.1) is 0 Å². The number of carbonyl (C=O) groups excluding carboxylic acids is 1. The van der Waals surface area contributed by atoms with Crippen LogP contribution in [0, 0.1) is 11.8 Å². The van der Waals surface area contributed by atoms with Crippen LogP contribution in [0.2, 0.25) is 0 Å². The summed E-state index contributed by atoms with van der Waals surface area (Å²) in [5.74, 6) is 1.11. The van der Waals surface area contributed by atoms with Gasteiger partial charge in [0.15, 0.2) is 0 Å². The molecule has 2 aliphatic rings. The molecule has 1 amide bonds. The van der Waals surface area contributed by atoms with Crippen LogP contribution in [0.3, 0.4) is 0 Å². The maximum absolute atomic E-state index is 11.7. The van der Waals surface area contributed by atoms with E-state index in [4.69, 9.17) is 4.74 Å². The number of carbonyl (C=O) groups is 1. The second-order valence-electron chi connectivity index (χ2n) is 5.58. The van der Waals surface area contributed by atoms with Gasteiger partial charge in [-0.1, -0.05) is 6.92 Å². The second kappa shape index (κ2) is 5.36. The van der Waals surface area contributed by atoms with E-state index in [1.807, 2.05) is 0 Å². The summed E-state index contributed by atoms with van der Waals surface area (Å²) >= 11 is 0. The van der Waals surface area contributed by atoms with Gasteiger partial charge in [-0.25, -0.2) is 0 Å². The van der Waals surface area contributed by atoms with Crippen molar-refractivity contribution in [2.45, 2.75) is 39.3 Å². The highest BCUT2D eigenvalue weighted by molar-refractivity contribution is 5.81. The first-order chi connectivity index (χ1) is 8.09. The summed E-state index contributed by atoms with van der Waals surface area (Å²) in [6.45, 7) is 9.83. The van der Waals surface area contributed by atoms with E-state index in [1.165, 1.54) is 0 Å². The number of amides is 1. The summed E-state index contributed by atoms with van der Waals surface area (Å²) in [6, 6.07) is 0.849. The summed E-state index contributed by atoms with van der Waals surface area (Å²) in [4.78, 5) is 14.1. The Balaban J connectivity index is 1.72. The largest absolute Gasteiger partial charge is 0.379 e. The van der Waals surface area contributed by atoms with E-state index in [0.29, 0.717) is 18.0 Å². The molecule has 0 aromatic rings. The lowest BCUT2D eigenvalue weighted by molar-refractivity contribution is -0.123. The fraction of sp³-hybridized carbons (Fsp3) is 0.923. The Kier molecular flexibility index (Phi) is 4.05. The Morgan fingerprint density at radius 2 is 2.24 bits per heavy atom. The highest BCUT2D eigenvalue weighted by Crippen LogP contribution is 2.37. The summed E-state index contributed by atoms with van der Waals surface area (Å²) in [6.07, 6.45) is 1.06. The maximum atomic E-state index is 11.7. The van der Waals surface area contributed by atoms with Crippen molar-refractivity contribution in [3.05, 3.63) is 0 Å². The van der Waals surface area contributed by atoms with Gasteiger partial charge >= 0.3 is 0 Å². The Bertz CT molecular complexity index is 283. The van der Waals surface area contributed by atoms with Gasteiger partial charge in [0, 0.05) is 31.1 Å². The smallest absolute Gasteiger partial charge is 0.223 e. The van der Waals surface area contributed by atoms with Gasteiger partial charge in [0.1, 0.15) is 0 Å². The Morgan fingerprint density at radius 3 is 2.82 bits per heavy atom. The van der Waals surface area contributed by atoms with E-state index in [0.717, 1.165) is 32.7 Å². The minimum Gasteiger partial charge on any atom is -0.379 e. The predicted octanol–water partition coefficient (Wildman–Crippen LogP) is 0.868. The van der Waals surface area contributed by atoms with Crippen molar-refractivity contribution in [1.82, 2.24) is 10.2 Å². The maximum Gasteiger partial charge on any atom is 0.223 e. The highest BCUT2D eigenvalue weighted by atomic mass is 16.5. The van der Waals surface area contributed by atoms with Crippen molar-refractivity contribution in [2.75, 3.05) is 26.3 Å². The molecule has 0 aromatic carbocycles. The number of rotatable bonds is 4. The Hall–Kier alpha value is -0.610. The first-order valence-corrected chi connectivity index (χ1v) is 6.70. The molecule has 4 nitrogen and oxygen atoms in total. The third-order valence-corrected chi connectivity index (χ3v) is 4.00. The van der Waals surface area contributed by atoms with Crippen molar-refractivity contribution in [3.63, 3.8) is 0 Å². The molecule has 2 fully saturated rings. The molecule has 17 heavy (non-hydrogen) atoms. The van der Waals surface area contributed by atoms with Crippen LogP contribution in [0.15, 0.2) is 0 Å². The molecule has 0 spiro atoms. The molecule has 0 unspecified atom stereocenters. The first kappa shape index (κ1) is 12.8. The van der Waals surface area contributed by atoms with Crippen molar-refractivity contribution < 1.29 is 9.53 Å². The van der Waals surface area contributed by atoms with Gasteiger partial charge in [-0.3, -0.25) is 9.69 Å². The van der Waals surface area contributed by atoms with E-state index in [9.17, 15) is 4.79 Å². The van der Waals surface area contributed by atoms with E-state index >= 15 is 0 Å². The number of nitrogens with zero attached hydrogens (tertiary/aromatic N) is 1. The van der Waals surface area contributed by atoms with E-state index in [1.54, 1.807) is 0 Å². The lowest BCUT2D eigenvalue weighted by atomic mass is 10.2. The van der Waals surface area contributed by atoms with Crippen molar-refractivity contribution >= 4 is 5.91 Å². The summed E-state index contributed by atoms with van der Waals surface area (Å²) in [5, 5.41) is 3.07. The monoisotopic (exact) mass is 240 g/mol. The molecule has 0 radical (unpaired) electrons. The van der Waals surface area contributed by atoms with Crippen LogP contribution < -0.4 is 5.32 Å². The van der Waals surface area contributed by atoms with Crippen molar-refractivity contribution in [2.24, 2.45) is 11.8 Å². The molecule has 98 valence electrons. The standard InChI is InChI=1S/C13H24N2O2/c1-9-6-12(9)13(16)14-7-10(2)15-4-5-17-8-11(15)3/h9-12H,4-8H2,1-3H3,(H,14,16)/t9-,10-,11+,12+/m1/s1. The molecule has 4 heteroatoms. The summed E-state index contributed by atoms with van der Waals surface area (Å²) in [7, 11) is 0. The topological polar surface area (TPSA) is 41.6 Å². The van der Waals surface area contributed by atoms with Crippen LogP contribution in [0.4, 0.5) is 0 Å². The van der Waals surface area contributed by atoms with Crippen LogP contribution >= 0.6 is 0 Å². The van der Waals surface area contributed by atoms with Crippen LogP contribution in [-0.4, -0.2) is 49.2 Å². The normalized spacial score (nSPS) is 35.4. The predicted molar refractivity (Wildman–Crippen MR) is 66.7 cm³/mol. The quantitative estimate of drug-likeness (QED) is 0.793. The van der Waals surface area contributed by atoms with Gasteiger partial charge in [-0.2, -0.15) is 0 Å². The molecule has 1 N–H and O–H groups in total. The summed E-state index contributed by atoms with van der Waals surface area (Å²) < 4.78 is 5.42. The van der Waals surface area contributed by atoms with Crippen LogP contribution in [-0.2, 0) is 9.53 Å². The van der Waals surface area contributed by atoms with Crippen LogP contribution in [0.5, 0.6) is 0 Å². The molecule has 1 aliphatic heterocycles. The number of ether oxygens (including phenoxy) is 1. The molecule has 1 saturated heterocycles. The second-order valence-corrected chi connectivity index (χ2v) is 5.58. The van der Waals surface area contributed by atoms with Crippen LogP contribution in [0.1, 0.15) is 27.2 Å². The molecule has 2 rings (SSSR count). The number of nitrogens with one attached hydrogen (secondary N) is 1. The molecule has 1 aliphatic carbocycles. The third-order valence-electron chi connectivity index (χ3n) is 4.00. The van der Waals surface area contributed by atoms with Gasteiger partial charge < -0.3 is 10.1 Å². The van der Waals surface area contributed by atoms with E-state index < -0.39 is 0 Å². The lowest BCUT2D eigenvalue weighted by Crippen LogP contribution is -2.52. The van der Waals surface area contributed by atoms with Gasteiger partial charge in [0.05, 0.1) is 13.2 Å². The average Bonchev–Trinajstić information content (AvgIpc) is 3.03. The third kappa shape index (κ3) is 3.19. The zero-order valence-electron chi connectivity index (χ0n) is 11.1. The van der Waals surface area contributed by atoms with Crippen molar-refractivity contribution in [3.8, 4) is 0 Å². The Morgan fingerprint density at radius 1 is 1.53 bits per heavy atom. The van der Waals surface area contributed by atoms with E-state index in [2.05, 4.69) is 31.0 Å². The molecular weight excluding hydrogens is 216 g/mol. The van der Waals surface area contributed by atoms with Gasteiger partial charge in [-0.05, 0) is 26.2 Å². The zero-order valence-corrected chi connectivity index (χ0v) is 11.1. The molecule has 0 aromatic heterocycles. The minimum atomic E-state index is 0.241. The molecule has 0 bridgehead atoms. The minimum absolute atomic E-state index is 0.241. The zero-order chi connectivity index (χ0) is 12.4.